The van der Waals surface area contributed by atoms with E-state index in [9.17, 15) is 4.39 Å². The van der Waals surface area contributed by atoms with Crippen LogP contribution in [0.1, 0.15) is 74.6 Å². The molecular weight excluding hydrogens is 482 g/mol. The summed E-state index contributed by atoms with van der Waals surface area (Å²) in [7, 11) is 0. The molecule has 1 heterocycles. The van der Waals surface area contributed by atoms with Gasteiger partial charge in [-0.1, -0.05) is 57.4 Å². The molecule has 0 radical (unpaired) electrons. The summed E-state index contributed by atoms with van der Waals surface area (Å²) in [5, 5.41) is 0. The fourth-order valence-corrected chi connectivity index (χ4v) is 5.11. The average Bonchev–Trinajstić information content (AvgIpc) is 2.84. The molecule has 0 aromatic heterocycles. The Bertz CT molecular complexity index is 1080. The van der Waals surface area contributed by atoms with Crippen molar-refractivity contribution >= 4 is 0 Å². The van der Waals surface area contributed by atoms with Crippen molar-refractivity contribution in [2.45, 2.75) is 83.3 Å². The Morgan fingerprint density at radius 1 is 0.722 bits per heavy atom. The van der Waals surface area contributed by atoms with Crippen molar-refractivity contribution in [1.29, 1.82) is 0 Å². The van der Waals surface area contributed by atoms with Gasteiger partial charge in [-0.25, -0.2) is 8.78 Å². The second-order valence-corrected chi connectivity index (χ2v) is 9.82. The molecule has 198 valence electrons. The Morgan fingerprint density at radius 3 is 1.75 bits per heavy atom. The quantitative estimate of drug-likeness (QED) is 0.248. The van der Waals surface area contributed by atoms with Gasteiger partial charge in [-0.05, 0) is 54.4 Å². The maximum absolute atomic E-state index is 15.4. The van der Waals surface area contributed by atoms with E-state index in [1.165, 1.54) is 24.3 Å². The predicted molar refractivity (Wildman–Crippen MR) is 125 cm³/mol. The third-order valence-electron chi connectivity index (χ3n) is 7.18. The number of fused-ring (bicyclic) bond motifs is 3. The SMILES string of the molecule is CCCCCC1OCC(CCc2ccc3c(c2F)C(F)(F)C(F)(F)c2c-3ccc(CCC)c2F)CO1. The van der Waals surface area contributed by atoms with Crippen LogP contribution in [-0.2, 0) is 34.2 Å². The predicted octanol–water partition coefficient (Wildman–Crippen LogP) is 8.28. The first-order valence-corrected chi connectivity index (χ1v) is 12.8. The molecule has 0 unspecified atom stereocenters. The van der Waals surface area contributed by atoms with Crippen LogP contribution >= 0.6 is 0 Å². The molecule has 2 nitrogen and oxygen atoms in total. The van der Waals surface area contributed by atoms with E-state index in [-0.39, 0.29) is 36.2 Å². The summed E-state index contributed by atoms with van der Waals surface area (Å²) in [6.07, 6.45) is 4.76. The molecule has 2 aliphatic rings. The van der Waals surface area contributed by atoms with E-state index in [0.717, 1.165) is 25.7 Å². The summed E-state index contributed by atoms with van der Waals surface area (Å²) in [6.45, 7) is 4.65. The molecule has 8 heteroatoms. The highest BCUT2D eigenvalue weighted by Crippen LogP contribution is 2.59. The standard InChI is InChI=1S/C28H32F6O2/c1-3-5-6-8-22-35-15-17(16-36-22)9-10-19-12-14-21-20-13-11-18(7-4-2)25(29)23(20)27(31,32)28(33,34)24(21)26(19)30/h11-14,17,22H,3-10,15-16H2,1-2H3. The Hall–Kier alpha value is -2.06. The van der Waals surface area contributed by atoms with Crippen molar-refractivity contribution in [3.05, 3.63) is 58.2 Å². The fraction of sp³-hybridized carbons (Fsp3) is 0.571. The monoisotopic (exact) mass is 514 g/mol. The first-order valence-electron chi connectivity index (χ1n) is 12.8. The van der Waals surface area contributed by atoms with Crippen molar-refractivity contribution in [2.75, 3.05) is 13.2 Å². The molecule has 36 heavy (non-hydrogen) atoms. The normalized spacial score (nSPS) is 22.2. The van der Waals surface area contributed by atoms with Crippen LogP contribution in [0.15, 0.2) is 24.3 Å². The number of alkyl halides is 4. The van der Waals surface area contributed by atoms with Crippen LogP contribution in [0.25, 0.3) is 11.1 Å². The molecule has 0 atom stereocenters. The second kappa shape index (κ2) is 10.7. The highest BCUT2D eigenvalue weighted by Gasteiger charge is 2.65. The molecule has 1 aliphatic carbocycles. The first kappa shape index (κ1) is 27.0. The van der Waals surface area contributed by atoms with E-state index in [1.54, 1.807) is 6.92 Å². The highest BCUT2D eigenvalue weighted by molar-refractivity contribution is 5.77. The van der Waals surface area contributed by atoms with Crippen LogP contribution < -0.4 is 0 Å². The van der Waals surface area contributed by atoms with Gasteiger partial charge in [-0.15, -0.1) is 0 Å². The highest BCUT2D eigenvalue weighted by atomic mass is 19.3. The van der Waals surface area contributed by atoms with Gasteiger partial charge in [0.2, 0.25) is 0 Å². The van der Waals surface area contributed by atoms with Gasteiger partial charge in [-0.3, -0.25) is 0 Å². The average molecular weight is 515 g/mol. The summed E-state index contributed by atoms with van der Waals surface area (Å²) >= 11 is 0. The number of halogens is 6. The van der Waals surface area contributed by atoms with Gasteiger partial charge in [0.15, 0.2) is 6.29 Å². The maximum atomic E-state index is 15.4. The van der Waals surface area contributed by atoms with Crippen LogP contribution in [0, 0.1) is 17.6 Å². The minimum absolute atomic E-state index is 0.0585. The van der Waals surface area contributed by atoms with Gasteiger partial charge in [0, 0.05) is 5.92 Å². The summed E-state index contributed by atoms with van der Waals surface area (Å²) in [4.78, 5) is 0. The van der Waals surface area contributed by atoms with E-state index in [1.807, 2.05) is 0 Å². The third-order valence-corrected chi connectivity index (χ3v) is 7.18. The van der Waals surface area contributed by atoms with Gasteiger partial charge < -0.3 is 9.47 Å². The smallest absolute Gasteiger partial charge is 0.343 e. The zero-order chi connectivity index (χ0) is 26.1. The molecule has 1 saturated heterocycles. The van der Waals surface area contributed by atoms with Crippen LogP contribution in [0.2, 0.25) is 0 Å². The van der Waals surface area contributed by atoms with E-state index >= 15 is 22.0 Å². The number of unbranched alkanes of at least 4 members (excludes halogenated alkanes) is 2. The molecule has 0 bridgehead atoms. The van der Waals surface area contributed by atoms with Crippen molar-refractivity contribution in [2.24, 2.45) is 5.92 Å². The lowest BCUT2D eigenvalue weighted by molar-refractivity contribution is -0.227. The molecule has 0 N–H and O–H groups in total. The fourth-order valence-electron chi connectivity index (χ4n) is 5.11. The number of ether oxygens (including phenoxy) is 2. The molecule has 1 aliphatic heterocycles. The van der Waals surface area contributed by atoms with Crippen molar-refractivity contribution in [3.8, 4) is 11.1 Å². The van der Waals surface area contributed by atoms with Gasteiger partial charge in [0.1, 0.15) is 11.6 Å². The van der Waals surface area contributed by atoms with Crippen molar-refractivity contribution < 1.29 is 35.8 Å². The van der Waals surface area contributed by atoms with Crippen LogP contribution in [0.3, 0.4) is 0 Å². The summed E-state index contributed by atoms with van der Waals surface area (Å²) in [5.41, 5.74) is -3.66. The topological polar surface area (TPSA) is 18.5 Å². The van der Waals surface area contributed by atoms with E-state index in [0.29, 0.717) is 26.1 Å². The van der Waals surface area contributed by atoms with Crippen LogP contribution in [-0.4, -0.2) is 19.5 Å². The Balaban J connectivity index is 1.57. The van der Waals surface area contributed by atoms with E-state index < -0.39 is 45.7 Å². The summed E-state index contributed by atoms with van der Waals surface area (Å²) < 4.78 is 102. The second-order valence-electron chi connectivity index (χ2n) is 9.82. The van der Waals surface area contributed by atoms with Crippen molar-refractivity contribution in [3.63, 3.8) is 0 Å². The minimum atomic E-state index is -4.90. The number of rotatable bonds is 9. The maximum Gasteiger partial charge on any atom is 0.343 e. The molecule has 2 aromatic rings. The van der Waals surface area contributed by atoms with E-state index in [4.69, 9.17) is 9.47 Å². The zero-order valence-electron chi connectivity index (χ0n) is 20.6. The number of benzene rings is 2. The minimum Gasteiger partial charge on any atom is -0.352 e. The van der Waals surface area contributed by atoms with E-state index in [2.05, 4.69) is 6.92 Å². The summed E-state index contributed by atoms with van der Waals surface area (Å²) in [6, 6.07) is 5.03. The van der Waals surface area contributed by atoms with Gasteiger partial charge in [0.25, 0.3) is 0 Å². The molecule has 0 saturated carbocycles. The molecular formula is C28H32F6O2. The van der Waals surface area contributed by atoms with Crippen LogP contribution in [0.4, 0.5) is 26.3 Å². The lowest BCUT2D eigenvalue weighted by atomic mass is 9.78. The Kier molecular flexibility index (Phi) is 8.05. The summed E-state index contributed by atoms with van der Waals surface area (Å²) in [5.74, 6) is -12.6. The largest absolute Gasteiger partial charge is 0.352 e. The molecule has 4 rings (SSSR count). The first-order chi connectivity index (χ1) is 17.1. The molecule has 0 spiro atoms. The number of hydrogen-bond donors (Lipinski definition) is 0. The lowest BCUT2D eigenvalue weighted by Crippen LogP contribution is -2.41. The Labute approximate surface area is 208 Å². The lowest BCUT2D eigenvalue weighted by Gasteiger charge is -2.36. The van der Waals surface area contributed by atoms with Crippen molar-refractivity contribution in [1.82, 2.24) is 0 Å². The molecule has 1 fully saturated rings. The van der Waals surface area contributed by atoms with Gasteiger partial charge in [-0.2, -0.15) is 17.6 Å². The van der Waals surface area contributed by atoms with Gasteiger partial charge >= 0.3 is 11.8 Å². The van der Waals surface area contributed by atoms with Crippen LogP contribution in [0.5, 0.6) is 0 Å². The number of hydrogen-bond acceptors (Lipinski definition) is 2. The number of aryl methyl sites for hydroxylation is 2. The molecule has 0 amide bonds. The molecule has 2 aromatic carbocycles. The Morgan fingerprint density at radius 2 is 1.25 bits per heavy atom. The van der Waals surface area contributed by atoms with Gasteiger partial charge in [0.05, 0.1) is 24.3 Å². The zero-order valence-corrected chi connectivity index (χ0v) is 20.6. The third kappa shape index (κ3) is 4.78.